The van der Waals surface area contributed by atoms with Gasteiger partial charge < -0.3 is 9.72 Å². The first-order chi connectivity index (χ1) is 12.0. The van der Waals surface area contributed by atoms with Crippen LogP contribution < -0.4 is 11.2 Å². The fourth-order valence-electron chi connectivity index (χ4n) is 1.97. The Hall–Kier alpha value is -2.52. The van der Waals surface area contributed by atoms with Gasteiger partial charge in [-0.05, 0) is 29.8 Å². The molecular formula is C15H9Cl2F3N2O4. The normalized spacial score (nSPS) is 12.2. The highest BCUT2D eigenvalue weighted by atomic mass is 35.5. The molecule has 26 heavy (non-hydrogen) atoms. The lowest BCUT2D eigenvalue weighted by Gasteiger charge is -2.10. The predicted octanol–water partition coefficient (Wildman–Crippen LogP) is 2.95. The van der Waals surface area contributed by atoms with Crippen molar-refractivity contribution in [2.24, 2.45) is 0 Å². The van der Waals surface area contributed by atoms with Crippen LogP contribution >= 0.6 is 23.2 Å². The zero-order valence-electron chi connectivity index (χ0n) is 12.9. The number of rotatable bonds is 3. The molecule has 0 aliphatic rings. The van der Waals surface area contributed by atoms with E-state index in [1.54, 1.807) is 4.98 Å². The molecule has 0 amide bonds. The first-order valence-corrected chi connectivity index (χ1v) is 7.49. The molecule has 6 nitrogen and oxygen atoms in total. The van der Waals surface area contributed by atoms with Gasteiger partial charge in [0.1, 0.15) is 10.7 Å². The molecule has 0 saturated heterocycles. The molecule has 0 spiro atoms. The third-order valence-electron chi connectivity index (χ3n) is 3.14. The number of aromatic amines is 1. The van der Waals surface area contributed by atoms with E-state index >= 15 is 0 Å². The van der Waals surface area contributed by atoms with Gasteiger partial charge in [-0.25, -0.2) is 14.2 Å². The number of aromatic nitrogens is 2. The molecule has 0 unspecified atom stereocenters. The van der Waals surface area contributed by atoms with Crippen molar-refractivity contribution in [1.82, 2.24) is 9.55 Å². The molecule has 0 bridgehead atoms. The standard InChI is InChI=1S/C15H9Cl2F3N2O4/c1-26-13(24)10(17)5-7-4-8(2-3-9(7)16)22-12(23)6-11(15(18,19)20)21-14(22)25/h2-6H,1H3,(H,21,25). The lowest BCUT2D eigenvalue weighted by Crippen LogP contribution is -2.35. The summed E-state index contributed by atoms with van der Waals surface area (Å²) in [6.07, 6.45) is -3.75. The van der Waals surface area contributed by atoms with Crippen molar-refractivity contribution in [2.75, 3.05) is 7.11 Å². The Bertz CT molecular complexity index is 978. The second-order valence-corrected chi connectivity index (χ2v) is 5.66. The third-order valence-corrected chi connectivity index (χ3v) is 3.75. The Labute approximate surface area is 153 Å². The Kier molecular flexibility index (Phi) is 5.62. The Morgan fingerprint density at radius 2 is 1.92 bits per heavy atom. The average molecular weight is 409 g/mol. The molecule has 0 aliphatic carbocycles. The number of carbonyl (C=O) groups is 1. The largest absolute Gasteiger partial charge is 0.465 e. The van der Waals surface area contributed by atoms with E-state index in [9.17, 15) is 27.6 Å². The number of hydrogen-bond donors (Lipinski definition) is 1. The zero-order valence-corrected chi connectivity index (χ0v) is 14.4. The van der Waals surface area contributed by atoms with Crippen LogP contribution in [0.4, 0.5) is 13.2 Å². The smallest absolute Gasteiger partial charge is 0.431 e. The molecule has 2 rings (SSSR count). The molecule has 1 N–H and O–H groups in total. The van der Waals surface area contributed by atoms with Crippen LogP contribution in [0, 0.1) is 0 Å². The van der Waals surface area contributed by atoms with Crippen molar-refractivity contribution in [2.45, 2.75) is 6.18 Å². The molecule has 11 heteroatoms. The van der Waals surface area contributed by atoms with Crippen LogP contribution in [-0.4, -0.2) is 22.6 Å². The summed E-state index contributed by atoms with van der Waals surface area (Å²) in [6.45, 7) is 0. The van der Waals surface area contributed by atoms with Gasteiger partial charge in [-0.2, -0.15) is 13.2 Å². The van der Waals surface area contributed by atoms with E-state index < -0.39 is 29.1 Å². The highest BCUT2D eigenvalue weighted by Gasteiger charge is 2.33. The van der Waals surface area contributed by atoms with Gasteiger partial charge in [0.15, 0.2) is 0 Å². The summed E-state index contributed by atoms with van der Waals surface area (Å²) in [5.41, 5.74) is -3.88. The van der Waals surface area contributed by atoms with Gasteiger partial charge in [0.25, 0.3) is 5.56 Å². The number of nitrogens with zero attached hydrogens (tertiary/aromatic N) is 1. The third kappa shape index (κ3) is 4.17. The van der Waals surface area contributed by atoms with Crippen LogP contribution in [0.2, 0.25) is 5.02 Å². The Morgan fingerprint density at radius 1 is 1.27 bits per heavy atom. The van der Waals surface area contributed by atoms with Gasteiger partial charge in [0.2, 0.25) is 0 Å². The molecule has 1 heterocycles. The van der Waals surface area contributed by atoms with E-state index in [1.165, 1.54) is 18.2 Å². The minimum Gasteiger partial charge on any atom is -0.465 e. The maximum atomic E-state index is 12.6. The first kappa shape index (κ1) is 19.8. The molecule has 1 aromatic heterocycles. The maximum absolute atomic E-state index is 12.6. The number of ether oxygens (including phenoxy) is 1. The lowest BCUT2D eigenvalue weighted by atomic mass is 10.1. The van der Waals surface area contributed by atoms with Gasteiger partial charge in [-0.15, -0.1) is 0 Å². The van der Waals surface area contributed by atoms with Crippen molar-refractivity contribution in [1.29, 1.82) is 0 Å². The monoisotopic (exact) mass is 408 g/mol. The molecular weight excluding hydrogens is 400 g/mol. The minimum atomic E-state index is -4.88. The van der Waals surface area contributed by atoms with Crippen LogP contribution in [0.3, 0.4) is 0 Å². The van der Waals surface area contributed by atoms with E-state index in [2.05, 4.69) is 4.74 Å². The quantitative estimate of drug-likeness (QED) is 0.625. The van der Waals surface area contributed by atoms with E-state index in [4.69, 9.17) is 23.2 Å². The number of benzene rings is 1. The highest BCUT2D eigenvalue weighted by Crippen LogP contribution is 2.26. The van der Waals surface area contributed by atoms with Crippen LogP contribution in [0.25, 0.3) is 11.8 Å². The van der Waals surface area contributed by atoms with Crippen LogP contribution in [-0.2, 0) is 15.7 Å². The van der Waals surface area contributed by atoms with Crippen molar-refractivity contribution in [3.05, 3.63) is 66.4 Å². The summed E-state index contributed by atoms with van der Waals surface area (Å²) < 4.78 is 42.9. The van der Waals surface area contributed by atoms with Crippen LogP contribution in [0.15, 0.2) is 38.9 Å². The molecule has 138 valence electrons. The number of esters is 1. The number of hydrogen-bond acceptors (Lipinski definition) is 4. The molecule has 0 radical (unpaired) electrons. The van der Waals surface area contributed by atoms with E-state index in [0.29, 0.717) is 4.57 Å². The number of nitrogens with one attached hydrogen (secondary N) is 1. The Balaban J connectivity index is 2.62. The number of methoxy groups -OCH3 is 1. The summed E-state index contributed by atoms with van der Waals surface area (Å²) in [5, 5.41) is -0.215. The van der Waals surface area contributed by atoms with Gasteiger partial charge in [-0.3, -0.25) is 4.79 Å². The highest BCUT2D eigenvalue weighted by molar-refractivity contribution is 6.43. The SMILES string of the molecule is COC(=O)C(Cl)=Cc1cc(-n2c(=O)cc(C(F)(F)F)[nH]c2=O)ccc1Cl. The summed E-state index contributed by atoms with van der Waals surface area (Å²) >= 11 is 11.7. The molecule has 1 aromatic carbocycles. The van der Waals surface area contributed by atoms with Crippen molar-refractivity contribution in [3.8, 4) is 5.69 Å². The van der Waals surface area contributed by atoms with E-state index in [-0.39, 0.29) is 27.4 Å². The fourth-order valence-corrected chi connectivity index (χ4v) is 2.33. The topological polar surface area (TPSA) is 81.2 Å². The van der Waals surface area contributed by atoms with Crippen LogP contribution in [0.1, 0.15) is 11.3 Å². The van der Waals surface area contributed by atoms with Gasteiger partial charge in [-0.1, -0.05) is 23.2 Å². The fraction of sp³-hybridized carbons (Fsp3) is 0.133. The first-order valence-electron chi connectivity index (χ1n) is 6.73. The summed E-state index contributed by atoms with van der Waals surface area (Å²) in [4.78, 5) is 36.8. The van der Waals surface area contributed by atoms with E-state index in [1.807, 2.05) is 0 Å². The number of alkyl halides is 3. The second kappa shape index (κ2) is 7.38. The second-order valence-electron chi connectivity index (χ2n) is 4.85. The van der Waals surface area contributed by atoms with Crippen molar-refractivity contribution >= 4 is 35.2 Å². The summed E-state index contributed by atoms with van der Waals surface area (Å²) in [5.74, 6) is -0.849. The summed E-state index contributed by atoms with van der Waals surface area (Å²) in [6, 6.07) is 3.99. The average Bonchev–Trinajstić information content (AvgIpc) is 2.55. The minimum absolute atomic E-state index is 0.0741. The molecule has 0 aliphatic heterocycles. The molecule has 2 aromatic rings. The van der Waals surface area contributed by atoms with Gasteiger partial charge in [0.05, 0.1) is 12.8 Å². The lowest BCUT2D eigenvalue weighted by molar-refractivity contribution is -0.141. The maximum Gasteiger partial charge on any atom is 0.431 e. The van der Waals surface area contributed by atoms with Gasteiger partial charge >= 0.3 is 17.8 Å². The zero-order chi connectivity index (χ0) is 19.6. The number of H-pyrrole nitrogens is 1. The summed E-state index contributed by atoms with van der Waals surface area (Å²) in [7, 11) is 1.11. The Morgan fingerprint density at radius 3 is 2.46 bits per heavy atom. The van der Waals surface area contributed by atoms with Gasteiger partial charge in [0, 0.05) is 11.1 Å². The molecule has 0 saturated carbocycles. The molecule has 0 atom stereocenters. The molecule has 0 fully saturated rings. The predicted molar refractivity (Wildman–Crippen MR) is 88.5 cm³/mol. The van der Waals surface area contributed by atoms with Crippen molar-refractivity contribution in [3.63, 3.8) is 0 Å². The van der Waals surface area contributed by atoms with E-state index in [0.717, 1.165) is 13.2 Å². The van der Waals surface area contributed by atoms with Crippen LogP contribution in [0.5, 0.6) is 0 Å². The number of halogens is 5. The van der Waals surface area contributed by atoms with Crippen molar-refractivity contribution < 1.29 is 22.7 Å². The number of carbonyl (C=O) groups excluding carboxylic acids is 1.